The number of benzene rings is 1. The Hall–Kier alpha value is -1.84. The average Bonchev–Trinajstić information content (AvgIpc) is 2.60. The van der Waals surface area contributed by atoms with E-state index < -0.39 is 16.1 Å². The fraction of sp³-hybridized carbons (Fsp3) is 0.467. The van der Waals surface area contributed by atoms with Crippen molar-refractivity contribution in [3.05, 3.63) is 29.3 Å². The van der Waals surface area contributed by atoms with Crippen LogP contribution in [0.4, 0.5) is 4.79 Å². The van der Waals surface area contributed by atoms with Gasteiger partial charge in [-0.3, -0.25) is 4.79 Å². The molecular formula is C15H20ClN3O5S. The third-order valence-corrected chi connectivity index (χ3v) is 5.60. The molecule has 1 aromatic rings. The van der Waals surface area contributed by atoms with Gasteiger partial charge in [-0.1, -0.05) is 23.7 Å². The van der Waals surface area contributed by atoms with Gasteiger partial charge in [0.05, 0.1) is 18.2 Å². The molecular weight excluding hydrogens is 370 g/mol. The monoisotopic (exact) mass is 389 g/mol. The van der Waals surface area contributed by atoms with Crippen LogP contribution >= 0.6 is 11.6 Å². The number of carbonyl (C=O) groups excluding carboxylic acids is 2. The molecule has 2 amide bonds. The van der Waals surface area contributed by atoms with Gasteiger partial charge in [-0.05, 0) is 19.1 Å². The molecule has 1 N–H and O–H groups in total. The summed E-state index contributed by atoms with van der Waals surface area (Å²) < 4.78 is 31.6. The topological polar surface area (TPSA) is 96.0 Å². The quantitative estimate of drug-likeness (QED) is 0.807. The first-order valence-electron chi connectivity index (χ1n) is 7.79. The molecule has 138 valence electrons. The summed E-state index contributed by atoms with van der Waals surface area (Å²) >= 11 is 5.88. The maximum Gasteiger partial charge on any atom is 0.409 e. The van der Waals surface area contributed by atoms with Crippen molar-refractivity contribution < 1.29 is 22.7 Å². The SMILES string of the molecule is CCOC(=O)N1CCN(C(=O)CNS(=O)(=O)c2ccccc2Cl)CC1. The van der Waals surface area contributed by atoms with Crippen molar-refractivity contribution in [3.8, 4) is 0 Å². The van der Waals surface area contributed by atoms with Crippen molar-refractivity contribution in [1.29, 1.82) is 0 Å². The number of amides is 2. The number of piperazine rings is 1. The van der Waals surface area contributed by atoms with Crippen LogP contribution in [-0.4, -0.2) is 69.5 Å². The van der Waals surface area contributed by atoms with Crippen LogP contribution in [-0.2, 0) is 19.6 Å². The summed E-state index contributed by atoms with van der Waals surface area (Å²) in [7, 11) is -3.87. The highest BCUT2D eigenvalue weighted by molar-refractivity contribution is 7.89. The summed E-state index contributed by atoms with van der Waals surface area (Å²) in [6, 6.07) is 6.01. The molecule has 0 radical (unpaired) electrons. The molecule has 2 rings (SSSR count). The Labute approximate surface area is 151 Å². The Morgan fingerprint density at radius 2 is 1.76 bits per heavy atom. The fourth-order valence-corrected chi connectivity index (χ4v) is 3.85. The molecule has 0 aliphatic carbocycles. The van der Waals surface area contributed by atoms with Crippen LogP contribution in [0.25, 0.3) is 0 Å². The zero-order valence-electron chi connectivity index (χ0n) is 13.8. The number of halogens is 1. The largest absolute Gasteiger partial charge is 0.450 e. The van der Waals surface area contributed by atoms with Crippen molar-refractivity contribution in [2.45, 2.75) is 11.8 Å². The van der Waals surface area contributed by atoms with Crippen molar-refractivity contribution in [2.75, 3.05) is 39.3 Å². The lowest BCUT2D eigenvalue weighted by Crippen LogP contribution is -2.52. The average molecular weight is 390 g/mol. The van der Waals surface area contributed by atoms with Crippen molar-refractivity contribution >= 4 is 33.6 Å². The van der Waals surface area contributed by atoms with E-state index in [0.717, 1.165) is 0 Å². The molecule has 25 heavy (non-hydrogen) atoms. The third kappa shape index (κ3) is 5.07. The van der Waals surface area contributed by atoms with Gasteiger partial charge in [-0.25, -0.2) is 17.9 Å². The smallest absolute Gasteiger partial charge is 0.409 e. The minimum absolute atomic E-state index is 0.0726. The van der Waals surface area contributed by atoms with Crippen LogP contribution in [0.5, 0.6) is 0 Å². The number of rotatable bonds is 5. The molecule has 1 fully saturated rings. The zero-order valence-corrected chi connectivity index (χ0v) is 15.3. The maximum atomic E-state index is 12.2. The molecule has 0 unspecified atom stereocenters. The van der Waals surface area contributed by atoms with Gasteiger partial charge in [0.1, 0.15) is 4.90 Å². The van der Waals surface area contributed by atoms with E-state index in [0.29, 0.717) is 32.8 Å². The van der Waals surface area contributed by atoms with E-state index in [1.54, 1.807) is 19.1 Å². The minimum atomic E-state index is -3.87. The van der Waals surface area contributed by atoms with E-state index in [2.05, 4.69) is 4.72 Å². The van der Waals surface area contributed by atoms with E-state index in [-0.39, 0.29) is 22.4 Å². The Morgan fingerprint density at radius 3 is 2.36 bits per heavy atom. The summed E-state index contributed by atoms with van der Waals surface area (Å²) in [5.41, 5.74) is 0. The molecule has 0 bridgehead atoms. The van der Waals surface area contributed by atoms with E-state index in [1.807, 2.05) is 0 Å². The predicted molar refractivity (Wildman–Crippen MR) is 91.8 cm³/mol. The fourth-order valence-electron chi connectivity index (χ4n) is 2.36. The molecule has 8 nitrogen and oxygen atoms in total. The number of ether oxygens (including phenoxy) is 1. The van der Waals surface area contributed by atoms with Crippen LogP contribution in [0.2, 0.25) is 5.02 Å². The van der Waals surface area contributed by atoms with Crippen LogP contribution < -0.4 is 4.72 Å². The van der Waals surface area contributed by atoms with Crippen LogP contribution in [0.1, 0.15) is 6.92 Å². The first-order chi connectivity index (χ1) is 11.8. The second-order valence-electron chi connectivity index (χ2n) is 5.32. The number of hydrogen-bond donors (Lipinski definition) is 1. The molecule has 1 aliphatic heterocycles. The van der Waals surface area contributed by atoms with Crippen molar-refractivity contribution in [2.24, 2.45) is 0 Å². The van der Waals surface area contributed by atoms with E-state index >= 15 is 0 Å². The minimum Gasteiger partial charge on any atom is -0.450 e. The predicted octanol–water partition coefficient (Wildman–Crippen LogP) is 0.919. The summed E-state index contributed by atoms with van der Waals surface area (Å²) in [5, 5.41) is 0.0884. The Morgan fingerprint density at radius 1 is 1.16 bits per heavy atom. The van der Waals surface area contributed by atoms with Crippen molar-refractivity contribution in [1.82, 2.24) is 14.5 Å². The summed E-state index contributed by atoms with van der Waals surface area (Å²) in [6.07, 6.45) is -0.408. The van der Waals surface area contributed by atoms with Gasteiger partial charge in [0.2, 0.25) is 15.9 Å². The standard InChI is InChI=1S/C15H20ClN3O5S/c1-2-24-15(21)19-9-7-18(8-10-19)14(20)11-17-25(22,23)13-6-4-3-5-12(13)16/h3-6,17H,2,7-11H2,1H3. The lowest BCUT2D eigenvalue weighted by Gasteiger charge is -2.34. The number of nitrogens with zero attached hydrogens (tertiary/aromatic N) is 2. The second kappa shape index (κ2) is 8.50. The van der Waals surface area contributed by atoms with E-state index in [9.17, 15) is 18.0 Å². The Bertz CT molecular complexity index is 732. The van der Waals surface area contributed by atoms with Gasteiger partial charge >= 0.3 is 6.09 Å². The number of carbonyl (C=O) groups is 2. The molecule has 0 atom stereocenters. The molecule has 0 spiro atoms. The highest BCUT2D eigenvalue weighted by atomic mass is 35.5. The van der Waals surface area contributed by atoms with Gasteiger partial charge < -0.3 is 14.5 Å². The van der Waals surface area contributed by atoms with E-state index in [1.165, 1.54) is 21.9 Å². The van der Waals surface area contributed by atoms with Gasteiger partial charge in [0.25, 0.3) is 0 Å². The molecule has 0 saturated carbocycles. The lowest BCUT2D eigenvalue weighted by molar-refractivity contribution is -0.131. The van der Waals surface area contributed by atoms with Crippen LogP contribution in [0.15, 0.2) is 29.2 Å². The Balaban J connectivity index is 1.87. The van der Waals surface area contributed by atoms with Gasteiger partial charge in [-0.15, -0.1) is 0 Å². The number of nitrogens with one attached hydrogen (secondary N) is 1. The third-order valence-electron chi connectivity index (χ3n) is 3.70. The number of sulfonamides is 1. The maximum absolute atomic E-state index is 12.2. The molecule has 1 heterocycles. The zero-order chi connectivity index (χ0) is 18.4. The summed E-state index contributed by atoms with van der Waals surface area (Å²) in [5.74, 6) is -0.362. The highest BCUT2D eigenvalue weighted by Gasteiger charge is 2.26. The molecule has 1 aliphatic rings. The summed E-state index contributed by atoms with van der Waals surface area (Å²) in [4.78, 5) is 26.8. The molecule has 0 aromatic heterocycles. The first-order valence-corrected chi connectivity index (χ1v) is 9.65. The van der Waals surface area contributed by atoms with Gasteiger partial charge in [0.15, 0.2) is 0 Å². The first kappa shape index (κ1) is 19.5. The van der Waals surface area contributed by atoms with Gasteiger partial charge in [-0.2, -0.15) is 0 Å². The van der Waals surface area contributed by atoms with Gasteiger partial charge in [0, 0.05) is 26.2 Å². The second-order valence-corrected chi connectivity index (χ2v) is 7.46. The normalized spacial score (nSPS) is 15.1. The molecule has 1 saturated heterocycles. The lowest BCUT2D eigenvalue weighted by atomic mass is 10.3. The van der Waals surface area contributed by atoms with Crippen molar-refractivity contribution in [3.63, 3.8) is 0 Å². The Kier molecular flexibility index (Phi) is 6.63. The molecule has 10 heteroatoms. The van der Waals surface area contributed by atoms with E-state index in [4.69, 9.17) is 16.3 Å². The van der Waals surface area contributed by atoms with Crippen LogP contribution in [0, 0.1) is 0 Å². The molecule has 1 aromatic carbocycles. The number of hydrogen-bond acceptors (Lipinski definition) is 5. The highest BCUT2D eigenvalue weighted by Crippen LogP contribution is 2.19. The summed E-state index contributed by atoms with van der Waals surface area (Å²) in [6.45, 7) is 3.00. The van der Waals surface area contributed by atoms with Crippen LogP contribution in [0.3, 0.4) is 0 Å².